The lowest BCUT2D eigenvalue weighted by molar-refractivity contribution is -0.152. The summed E-state index contributed by atoms with van der Waals surface area (Å²) >= 11 is 0. The third-order valence-electron chi connectivity index (χ3n) is 13.5. The Labute approximate surface area is 360 Å². The summed E-state index contributed by atoms with van der Waals surface area (Å²) in [6.07, 6.45) is 5.61. The molecule has 2 amide bonds. The number of carbonyl (C=O) groups excluding carboxylic acids is 2. The Kier molecular flexibility index (Phi) is 11.1. The van der Waals surface area contributed by atoms with Gasteiger partial charge < -0.3 is 45.4 Å². The minimum Gasteiger partial charge on any atom is -0.508 e. The van der Waals surface area contributed by atoms with Crippen LogP contribution in [0.2, 0.25) is 0 Å². The molecule has 4 saturated heterocycles. The Hall–Kier alpha value is -5.65. The van der Waals surface area contributed by atoms with Crippen LogP contribution in [0, 0.1) is 11.2 Å². The van der Waals surface area contributed by atoms with E-state index in [0.717, 1.165) is 43.6 Å². The first kappa shape index (κ1) is 41.7. The number of fused-ring (bicyclic) bond motifs is 1. The van der Waals surface area contributed by atoms with E-state index in [1.54, 1.807) is 11.0 Å². The average molecular weight is 851 g/mol. The highest BCUT2D eigenvalue weighted by atomic mass is 19.1. The Morgan fingerprint density at radius 1 is 0.839 bits per heavy atom. The molecule has 17 heteroatoms. The molecule has 1 spiro atoms. The van der Waals surface area contributed by atoms with Crippen LogP contribution in [-0.4, -0.2) is 133 Å². The standard InChI is InChI=1S/C45H55FN10O6/c1-28(2)33-18-34(36(58)19-35(33)57)42(60)55-24-30-4-3-29(17-31(30)25-55)23-52-9-5-44(6-10-52)26-56(27-44)37(59)20-45(61)7-11-53(12-8-45)40-38(46)41(54-13-15-62-16-14-54)51-39(50-40)32-21-48-43(47)49-22-32/h3-4,17-19,21-22,28,57-58,61H,5-16,20,23-27H2,1-2H3,(H2,47,48,49). The number of aliphatic hydroxyl groups is 1. The first-order chi connectivity index (χ1) is 29.7. The number of phenols is 2. The zero-order chi connectivity index (χ0) is 43.3. The van der Waals surface area contributed by atoms with Crippen LogP contribution in [0.25, 0.3) is 11.4 Å². The number of nitrogens with two attached hydrogens (primary N) is 1. The molecule has 2 aromatic heterocycles. The Morgan fingerprint density at radius 3 is 2.15 bits per heavy atom. The number of hydrogen-bond donors (Lipinski definition) is 4. The maximum absolute atomic E-state index is 16.2. The van der Waals surface area contributed by atoms with E-state index in [4.69, 9.17) is 10.5 Å². The van der Waals surface area contributed by atoms with Crippen LogP contribution < -0.4 is 15.5 Å². The second kappa shape index (κ2) is 16.6. The normalized spacial score (nSPS) is 19.8. The summed E-state index contributed by atoms with van der Waals surface area (Å²) in [6, 6.07) is 9.27. The summed E-state index contributed by atoms with van der Waals surface area (Å²) in [6.45, 7) is 11.3. The van der Waals surface area contributed by atoms with Gasteiger partial charge in [0.15, 0.2) is 17.5 Å². The van der Waals surface area contributed by atoms with Crippen LogP contribution in [0.3, 0.4) is 0 Å². The Bertz CT molecular complexity index is 2330. The highest BCUT2D eigenvalue weighted by Crippen LogP contribution is 2.43. The lowest BCUT2D eigenvalue weighted by Crippen LogP contribution is -2.62. The predicted molar refractivity (Wildman–Crippen MR) is 229 cm³/mol. The third kappa shape index (κ3) is 8.32. The van der Waals surface area contributed by atoms with Gasteiger partial charge >= 0.3 is 0 Å². The van der Waals surface area contributed by atoms with Gasteiger partial charge in [0.1, 0.15) is 11.5 Å². The lowest BCUT2D eigenvalue weighted by Gasteiger charge is -2.54. The maximum atomic E-state index is 16.2. The van der Waals surface area contributed by atoms with E-state index in [1.807, 2.05) is 28.5 Å². The number of hydrogen-bond acceptors (Lipinski definition) is 14. The number of likely N-dealkylation sites (tertiary alicyclic amines) is 2. The molecule has 16 nitrogen and oxygen atoms in total. The molecule has 4 aromatic rings. The summed E-state index contributed by atoms with van der Waals surface area (Å²) in [4.78, 5) is 54.1. The zero-order valence-electron chi connectivity index (χ0n) is 35.4. The van der Waals surface area contributed by atoms with Crippen LogP contribution in [0.1, 0.15) is 84.5 Å². The smallest absolute Gasteiger partial charge is 0.258 e. The second-order valence-electron chi connectivity index (χ2n) is 18.2. The molecule has 0 saturated carbocycles. The van der Waals surface area contributed by atoms with Crippen molar-refractivity contribution in [2.75, 3.05) is 81.1 Å². The number of anilines is 3. The number of halogens is 1. The van der Waals surface area contributed by atoms with Gasteiger partial charge in [-0.3, -0.25) is 14.5 Å². The third-order valence-corrected chi connectivity index (χ3v) is 13.5. The highest BCUT2D eigenvalue weighted by molar-refractivity contribution is 5.97. The van der Waals surface area contributed by atoms with E-state index in [-0.39, 0.29) is 70.0 Å². The molecule has 62 heavy (non-hydrogen) atoms. The summed E-state index contributed by atoms with van der Waals surface area (Å²) in [5.74, 6) is -0.366. The van der Waals surface area contributed by atoms with Gasteiger partial charge in [0.25, 0.3) is 5.91 Å². The molecule has 7 heterocycles. The van der Waals surface area contributed by atoms with Crippen molar-refractivity contribution in [3.05, 3.63) is 76.4 Å². The number of benzene rings is 2. The van der Waals surface area contributed by atoms with E-state index in [1.165, 1.54) is 24.0 Å². The van der Waals surface area contributed by atoms with Gasteiger partial charge in [0.05, 0.1) is 36.4 Å². The number of nitrogens with zero attached hydrogens (tertiary/aromatic N) is 9. The fourth-order valence-electron chi connectivity index (χ4n) is 9.69. The number of nitrogen functional groups attached to an aromatic ring is 1. The van der Waals surface area contributed by atoms with E-state index >= 15 is 4.39 Å². The van der Waals surface area contributed by atoms with Gasteiger partial charge in [-0.25, -0.2) is 19.9 Å². The molecular formula is C45H55FN10O6. The fraction of sp³-hybridized carbons (Fsp3) is 0.511. The first-order valence-electron chi connectivity index (χ1n) is 21.7. The molecule has 0 unspecified atom stereocenters. The van der Waals surface area contributed by atoms with Gasteiger partial charge in [0, 0.05) is 82.8 Å². The van der Waals surface area contributed by atoms with E-state index in [9.17, 15) is 24.9 Å². The van der Waals surface area contributed by atoms with Gasteiger partial charge in [0.2, 0.25) is 17.7 Å². The van der Waals surface area contributed by atoms with E-state index in [0.29, 0.717) is 89.5 Å². The van der Waals surface area contributed by atoms with Gasteiger partial charge in [-0.05, 0) is 73.0 Å². The number of rotatable bonds is 9. The first-order valence-corrected chi connectivity index (χ1v) is 21.7. The number of aromatic hydroxyl groups is 2. The molecule has 9 rings (SSSR count). The van der Waals surface area contributed by atoms with Crippen LogP contribution in [0.4, 0.5) is 22.0 Å². The van der Waals surface area contributed by atoms with Crippen molar-refractivity contribution in [3.8, 4) is 22.9 Å². The molecule has 5 aliphatic heterocycles. The van der Waals surface area contributed by atoms with Crippen LogP contribution in [-0.2, 0) is 29.2 Å². The van der Waals surface area contributed by atoms with Gasteiger partial charge in [-0.15, -0.1) is 0 Å². The van der Waals surface area contributed by atoms with Crippen molar-refractivity contribution in [3.63, 3.8) is 0 Å². The van der Waals surface area contributed by atoms with Gasteiger partial charge in [-0.1, -0.05) is 32.0 Å². The molecule has 5 N–H and O–H groups in total. The zero-order valence-corrected chi connectivity index (χ0v) is 35.4. The summed E-state index contributed by atoms with van der Waals surface area (Å²) < 4.78 is 21.7. The molecule has 2 aromatic carbocycles. The van der Waals surface area contributed by atoms with Crippen molar-refractivity contribution in [1.82, 2.24) is 34.6 Å². The number of ether oxygens (including phenoxy) is 1. The molecule has 0 radical (unpaired) electrons. The summed E-state index contributed by atoms with van der Waals surface area (Å²) in [5.41, 5.74) is 9.30. The average Bonchev–Trinajstić information content (AvgIpc) is 3.68. The number of carbonyl (C=O) groups is 2. The lowest BCUT2D eigenvalue weighted by atomic mass is 9.71. The number of morpholine rings is 1. The van der Waals surface area contributed by atoms with E-state index < -0.39 is 11.4 Å². The van der Waals surface area contributed by atoms with Crippen molar-refractivity contribution < 1.29 is 34.0 Å². The molecule has 5 aliphatic rings. The largest absolute Gasteiger partial charge is 0.508 e. The summed E-state index contributed by atoms with van der Waals surface area (Å²) in [5, 5.41) is 32.4. The van der Waals surface area contributed by atoms with Crippen LogP contribution in [0.15, 0.2) is 42.7 Å². The maximum Gasteiger partial charge on any atom is 0.258 e. The van der Waals surface area contributed by atoms with Crippen molar-refractivity contribution in [1.29, 1.82) is 0 Å². The quantitative estimate of drug-likeness (QED) is 0.188. The fourth-order valence-corrected chi connectivity index (χ4v) is 9.69. The Balaban J connectivity index is 0.758. The number of piperidine rings is 2. The predicted octanol–water partition coefficient (Wildman–Crippen LogP) is 4.03. The van der Waals surface area contributed by atoms with E-state index in [2.05, 4.69) is 43.0 Å². The second-order valence-corrected chi connectivity index (χ2v) is 18.2. The number of amides is 2. The Morgan fingerprint density at radius 2 is 1.48 bits per heavy atom. The molecule has 0 atom stereocenters. The van der Waals surface area contributed by atoms with Crippen molar-refractivity contribution in [2.24, 2.45) is 5.41 Å². The SMILES string of the molecule is CC(C)c1cc(C(=O)N2Cc3ccc(CN4CCC5(CC4)CN(C(=O)CC4(O)CCN(c6nc(-c7cnc(N)nc7)nc(N7CCOCC7)c6F)CC4)C5)cc3C2)c(O)cc1O. The topological polar surface area (TPSA) is 198 Å². The number of phenolic OH excluding ortho intramolecular Hbond substituents is 2. The molecule has 4 fully saturated rings. The minimum absolute atomic E-state index is 0.00198. The molecule has 0 aliphatic carbocycles. The minimum atomic E-state index is -1.20. The molecule has 328 valence electrons. The number of aromatic nitrogens is 4. The monoisotopic (exact) mass is 850 g/mol. The summed E-state index contributed by atoms with van der Waals surface area (Å²) in [7, 11) is 0. The van der Waals surface area contributed by atoms with Crippen LogP contribution in [0.5, 0.6) is 11.5 Å². The molecule has 0 bridgehead atoms. The molecular weight excluding hydrogens is 796 g/mol. The van der Waals surface area contributed by atoms with Crippen LogP contribution >= 0.6 is 0 Å². The van der Waals surface area contributed by atoms with Crippen molar-refractivity contribution in [2.45, 2.75) is 77.1 Å². The van der Waals surface area contributed by atoms with Crippen molar-refractivity contribution >= 4 is 29.4 Å². The highest BCUT2D eigenvalue weighted by Gasteiger charge is 2.48. The van der Waals surface area contributed by atoms with Gasteiger partial charge in [-0.2, -0.15) is 4.39 Å².